The molecule has 0 aliphatic rings. The third kappa shape index (κ3) is 5.45. The van der Waals surface area contributed by atoms with E-state index in [1.807, 2.05) is 6.20 Å². The summed E-state index contributed by atoms with van der Waals surface area (Å²) in [6.45, 7) is 14.8. The normalized spacial score (nSPS) is 11.1. The van der Waals surface area contributed by atoms with E-state index in [0.29, 0.717) is 5.92 Å². The molecule has 0 saturated heterocycles. The zero-order chi connectivity index (χ0) is 15.0. The molecule has 114 valence electrons. The molecule has 0 unspecified atom stereocenters. The van der Waals surface area contributed by atoms with Gasteiger partial charge in [0.05, 0.1) is 0 Å². The van der Waals surface area contributed by atoms with Crippen molar-refractivity contribution in [1.29, 1.82) is 0 Å². The van der Waals surface area contributed by atoms with Crippen molar-refractivity contribution in [1.82, 2.24) is 15.3 Å². The van der Waals surface area contributed by atoms with Gasteiger partial charge in [-0.1, -0.05) is 27.2 Å². The second-order valence-electron chi connectivity index (χ2n) is 5.74. The number of aromatic nitrogens is 2. The molecule has 0 spiro atoms. The first-order valence-corrected chi connectivity index (χ1v) is 7.86. The smallest absolute Gasteiger partial charge is 0.225 e. The summed E-state index contributed by atoms with van der Waals surface area (Å²) in [6.07, 6.45) is 4.36. The maximum Gasteiger partial charge on any atom is 0.225 e. The standard InChI is InChI=1S/C16H30N4/c1-6-8-9-20(7-2)16-18-12-15(14(5)19-16)11-17-10-13(3)4/h12-13,17H,6-11H2,1-5H3. The van der Waals surface area contributed by atoms with Crippen LogP contribution >= 0.6 is 0 Å². The summed E-state index contributed by atoms with van der Waals surface area (Å²) in [6, 6.07) is 0. The summed E-state index contributed by atoms with van der Waals surface area (Å²) in [4.78, 5) is 11.5. The lowest BCUT2D eigenvalue weighted by atomic mass is 10.2. The molecule has 0 aliphatic carbocycles. The number of rotatable bonds is 9. The van der Waals surface area contributed by atoms with E-state index in [1.54, 1.807) is 0 Å². The van der Waals surface area contributed by atoms with Crippen LogP contribution in [-0.2, 0) is 6.54 Å². The van der Waals surface area contributed by atoms with Gasteiger partial charge in [0.1, 0.15) is 0 Å². The Morgan fingerprint density at radius 2 is 2.05 bits per heavy atom. The fourth-order valence-corrected chi connectivity index (χ4v) is 2.05. The average molecular weight is 278 g/mol. The molecule has 1 heterocycles. The molecule has 20 heavy (non-hydrogen) atoms. The van der Waals surface area contributed by atoms with Gasteiger partial charge >= 0.3 is 0 Å². The Morgan fingerprint density at radius 1 is 1.30 bits per heavy atom. The zero-order valence-corrected chi connectivity index (χ0v) is 13.7. The maximum atomic E-state index is 4.67. The van der Waals surface area contributed by atoms with Gasteiger partial charge in [-0.3, -0.25) is 0 Å². The van der Waals surface area contributed by atoms with Crippen molar-refractivity contribution < 1.29 is 0 Å². The first kappa shape index (κ1) is 16.9. The first-order valence-electron chi connectivity index (χ1n) is 7.86. The van der Waals surface area contributed by atoms with E-state index >= 15 is 0 Å². The molecule has 4 nitrogen and oxygen atoms in total. The number of nitrogens with one attached hydrogen (secondary N) is 1. The summed E-state index contributed by atoms with van der Waals surface area (Å²) >= 11 is 0. The van der Waals surface area contributed by atoms with E-state index in [2.05, 4.69) is 54.8 Å². The highest BCUT2D eigenvalue weighted by Crippen LogP contribution is 2.12. The predicted molar refractivity (Wildman–Crippen MR) is 86.1 cm³/mol. The van der Waals surface area contributed by atoms with Crippen LogP contribution < -0.4 is 10.2 Å². The fraction of sp³-hybridized carbons (Fsp3) is 0.750. The van der Waals surface area contributed by atoms with Gasteiger partial charge < -0.3 is 10.2 Å². The molecule has 1 rings (SSSR count). The Kier molecular flexibility index (Phi) is 7.52. The van der Waals surface area contributed by atoms with Gasteiger partial charge in [-0.25, -0.2) is 9.97 Å². The summed E-state index contributed by atoms with van der Waals surface area (Å²) in [5.41, 5.74) is 2.28. The minimum Gasteiger partial charge on any atom is -0.341 e. The van der Waals surface area contributed by atoms with Crippen LogP contribution in [0, 0.1) is 12.8 Å². The van der Waals surface area contributed by atoms with Crippen molar-refractivity contribution >= 4 is 5.95 Å². The molecule has 1 aromatic heterocycles. The molecule has 0 saturated carbocycles. The quantitative estimate of drug-likeness (QED) is 0.753. The third-order valence-corrected chi connectivity index (χ3v) is 3.38. The number of hydrogen-bond donors (Lipinski definition) is 1. The van der Waals surface area contributed by atoms with Crippen molar-refractivity contribution in [2.75, 3.05) is 24.5 Å². The SMILES string of the molecule is CCCCN(CC)c1ncc(CNCC(C)C)c(C)n1. The van der Waals surface area contributed by atoms with Gasteiger partial charge in [-0.05, 0) is 32.7 Å². The molecule has 1 aromatic rings. The van der Waals surface area contributed by atoms with Crippen molar-refractivity contribution in [3.05, 3.63) is 17.5 Å². The second kappa shape index (κ2) is 8.90. The van der Waals surface area contributed by atoms with E-state index in [-0.39, 0.29) is 0 Å². The Morgan fingerprint density at radius 3 is 2.60 bits per heavy atom. The molecule has 0 aliphatic heterocycles. The zero-order valence-electron chi connectivity index (χ0n) is 13.7. The number of hydrogen-bond acceptors (Lipinski definition) is 4. The topological polar surface area (TPSA) is 41.1 Å². The number of unbranched alkanes of at least 4 members (excludes halogenated alkanes) is 1. The van der Waals surface area contributed by atoms with Gasteiger partial charge in [0.2, 0.25) is 5.95 Å². The van der Waals surface area contributed by atoms with Crippen molar-refractivity contribution in [3.8, 4) is 0 Å². The molecule has 0 fully saturated rings. The number of nitrogens with zero attached hydrogens (tertiary/aromatic N) is 3. The molecule has 1 N–H and O–H groups in total. The summed E-state index contributed by atoms with van der Waals surface area (Å²) in [5.74, 6) is 1.53. The van der Waals surface area contributed by atoms with E-state index in [0.717, 1.165) is 37.8 Å². The van der Waals surface area contributed by atoms with Gasteiger partial charge in [0, 0.05) is 37.1 Å². The Bertz CT molecular complexity index is 390. The molecule has 0 atom stereocenters. The highest BCUT2D eigenvalue weighted by Gasteiger charge is 2.09. The van der Waals surface area contributed by atoms with E-state index in [9.17, 15) is 0 Å². The summed E-state index contributed by atoms with van der Waals surface area (Å²) in [5, 5.41) is 3.45. The highest BCUT2D eigenvalue weighted by atomic mass is 15.2. The lowest BCUT2D eigenvalue weighted by Gasteiger charge is -2.21. The van der Waals surface area contributed by atoms with Crippen molar-refractivity contribution in [2.45, 2.75) is 54.0 Å². The lowest BCUT2D eigenvalue weighted by Crippen LogP contribution is -2.27. The van der Waals surface area contributed by atoms with Crippen LogP contribution in [-0.4, -0.2) is 29.6 Å². The van der Waals surface area contributed by atoms with Crippen LogP contribution in [0.5, 0.6) is 0 Å². The third-order valence-electron chi connectivity index (χ3n) is 3.38. The number of anilines is 1. The van der Waals surface area contributed by atoms with Crippen LogP contribution in [0.1, 0.15) is 51.8 Å². The second-order valence-corrected chi connectivity index (χ2v) is 5.74. The van der Waals surface area contributed by atoms with E-state index in [1.165, 1.54) is 18.4 Å². The molecule has 0 aromatic carbocycles. The van der Waals surface area contributed by atoms with Crippen molar-refractivity contribution in [2.24, 2.45) is 5.92 Å². The molecule has 0 amide bonds. The maximum absolute atomic E-state index is 4.67. The molecule has 0 radical (unpaired) electrons. The minimum atomic E-state index is 0.667. The van der Waals surface area contributed by atoms with Gasteiger partial charge in [-0.15, -0.1) is 0 Å². The van der Waals surface area contributed by atoms with Crippen LogP contribution in [0.3, 0.4) is 0 Å². The Balaban J connectivity index is 2.65. The van der Waals surface area contributed by atoms with Gasteiger partial charge in [0.15, 0.2) is 0 Å². The van der Waals surface area contributed by atoms with Crippen LogP contribution in [0.15, 0.2) is 6.20 Å². The fourth-order valence-electron chi connectivity index (χ4n) is 2.05. The molecule has 4 heteroatoms. The molecular weight excluding hydrogens is 248 g/mol. The Hall–Kier alpha value is -1.16. The molecular formula is C16H30N4. The van der Waals surface area contributed by atoms with Crippen LogP contribution in [0.2, 0.25) is 0 Å². The molecule has 0 bridgehead atoms. The largest absolute Gasteiger partial charge is 0.341 e. The minimum absolute atomic E-state index is 0.667. The van der Waals surface area contributed by atoms with Gasteiger partial charge in [0.25, 0.3) is 0 Å². The summed E-state index contributed by atoms with van der Waals surface area (Å²) < 4.78 is 0. The highest BCUT2D eigenvalue weighted by molar-refractivity contribution is 5.32. The monoisotopic (exact) mass is 278 g/mol. The lowest BCUT2D eigenvalue weighted by molar-refractivity contribution is 0.550. The predicted octanol–water partition coefficient (Wildman–Crippen LogP) is 3.16. The van der Waals surface area contributed by atoms with E-state index < -0.39 is 0 Å². The number of aryl methyl sites for hydroxylation is 1. The van der Waals surface area contributed by atoms with E-state index in [4.69, 9.17) is 0 Å². The van der Waals surface area contributed by atoms with Crippen LogP contribution in [0.4, 0.5) is 5.95 Å². The Labute approximate surface area is 124 Å². The van der Waals surface area contributed by atoms with Crippen LogP contribution in [0.25, 0.3) is 0 Å². The average Bonchev–Trinajstić information content (AvgIpc) is 2.41. The summed E-state index contributed by atoms with van der Waals surface area (Å²) in [7, 11) is 0. The van der Waals surface area contributed by atoms with Gasteiger partial charge in [-0.2, -0.15) is 0 Å². The van der Waals surface area contributed by atoms with Crippen molar-refractivity contribution in [3.63, 3.8) is 0 Å². The first-order chi connectivity index (χ1) is 9.58.